The molecule has 1 aliphatic heterocycles. The summed E-state index contributed by atoms with van der Waals surface area (Å²) < 4.78 is 0.0799. The van der Waals surface area contributed by atoms with Crippen LogP contribution in [0.1, 0.15) is 0 Å². The highest BCUT2D eigenvalue weighted by Crippen LogP contribution is 2.02. The van der Waals surface area contributed by atoms with Gasteiger partial charge in [-0.2, -0.15) is 0 Å². The van der Waals surface area contributed by atoms with Gasteiger partial charge in [-0.15, -0.1) is 4.59 Å². The van der Waals surface area contributed by atoms with Crippen molar-refractivity contribution in [2.45, 2.75) is 0 Å². The first kappa shape index (κ1) is 6.16. The molecule has 0 bridgehead atoms. The molecule has 0 atom stereocenters. The Hall–Kier alpha value is -0.960. The normalized spacial score (nSPS) is 22.7. The van der Waals surface area contributed by atoms with Crippen molar-refractivity contribution in [2.24, 2.45) is 5.10 Å². The van der Waals surface area contributed by atoms with Crippen LogP contribution in [-0.2, 0) is 4.79 Å². The molecule has 0 N–H and O–H groups in total. The maximum atomic E-state index is 10.9. The highest BCUT2D eigenvalue weighted by molar-refractivity contribution is 5.89. The Balaban J connectivity index is 2.91. The van der Waals surface area contributed by atoms with Crippen molar-refractivity contribution in [1.82, 2.24) is 0 Å². The molecule has 0 saturated heterocycles. The first-order valence-corrected chi connectivity index (χ1v) is 2.74. The van der Waals surface area contributed by atoms with Gasteiger partial charge in [-0.1, -0.05) is 5.10 Å². The summed E-state index contributed by atoms with van der Waals surface area (Å²) in [6, 6.07) is 0. The van der Waals surface area contributed by atoms with Gasteiger partial charge in [0.15, 0.2) is 0 Å². The third-order valence-corrected chi connectivity index (χ3v) is 1.22. The number of quaternary nitrogens is 1. The number of likely N-dealkylation sites (N-methyl/N-ethyl adjacent to an activating group) is 1. The van der Waals surface area contributed by atoms with Crippen LogP contribution in [0.2, 0.25) is 0 Å². The van der Waals surface area contributed by atoms with E-state index >= 15 is 0 Å². The van der Waals surface area contributed by atoms with E-state index < -0.39 is 0 Å². The molecule has 1 amide bonds. The third kappa shape index (κ3) is 1.05. The van der Waals surface area contributed by atoms with Crippen LogP contribution in [0.25, 0.3) is 0 Å². The van der Waals surface area contributed by atoms with Crippen molar-refractivity contribution in [2.75, 3.05) is 14.1 Å². The van der Waals surface area contributed by atoms with Crippen molar-refractivity contribution >= 4 is 12.1 Å². The summed E-state index contributed by atoms with van der Waals surface area (Å²) in [5.41, 5.74) is 0. The first-order chi connectivity index (χ1) is 4.13. The number of carbonyl (C=O) groups excluding carboxylic acids is 1. The quantitative estimate of drug-likeness (QED) is 0.423. The Bertz CT molecular complexity index is 191. The van der Waals surface area contributed by atoms with Crippen molar-refractivity contribution in [3.63, 3.8) is 0 Å². The summed E-state index contributed by atoms with van der Waals surface area (Å²) in [4.78, 5) is 10.9. The molecule has 0 saturated carbocycles. The van der Waals surface area contributed by atoms with Gasteiger partial charge in [0, 0.05) is 6.08 Å². The molecule has 3 heteroatoms. The number of nitrogens with zero attached hydrogens (tertiary/aromatic N) is 2. The van der Waals surface area contributed by atoms with E-state index in [-0.39, 0.29) is 10.5 Å². The zero-order valence-electron chi connectivity index (χ0n) is 5.53. The molecule has 0 unspecified atom stereocenters. The Morgan fingerprint density at radius 2 is 2.22 bits per heavy atom. The minimum absolute atomic E-state index is 0.0116. The summed E-state index contributed by atoms with van der Waals surface area (Å²) >= 11 is 0. The minimum atomic E-state index is 0.0116. The second-order valence-corrected chi connectivity index (χ2v) is 2.36. The lowest BCUT2D eigenvalue weighted by atomic mass is 10.4. The number of allylic oxidation sites excluding steroid dienone is 1. The van der Waals surface area contributed by atoms with Crippen LogP contribution < -0.4 is 0 Å². The molecule has 0 aromatic carbocycles. The number of rotatable bonds is 0. The molecule has 0 aromatic rings. The van der Waals surface area contributed by atoms with Crippen LogP contribution in [0, 0.1) is 0 Å². The van der Waals surface area contributed by atoms with Crippen LogP contribution in [0.4, 0.5) is 0 Å². The van der Waals surface area contributed by atoms with E-state index in [0.29, 0.717) is 0 Å². The highest BCUT2D eigenvalue weighted by Gasteiger charge is 2.24. The van der Waals surface area contributed by atoms with E-state index in [0.717, 1.165) is 0 Å². The predicted octanol–water partition coefficient (Wildman–Crippen LogP) is 0.145. The number of hydrogen-bond acceptors (Lipinski definition) is 2. The molecule has 48 valence electrons. The molecule has 1 aliphatic rings. The summed E-state index contributed by atoms with van der Waals surface area (Å²) in [6.07, 6.45) is 4.79. The standard InChI is InChI=1S/C6H9N2O/c1-8(2)6(9)4-3-5-7-8/h3-5H,1-2H3/q+1. The number of amides is 1. The average Bonchev–Trinajstić information content (AvgIpc) is 1.77. The Labute approximate surface area is 53.9 Å². The van der Waals surface area contributed by atoms with Crippen LogP contribution in [0.5, 0.6) is 0 Å². The smallest absolute Gasteiger partial charge is 0.224 e. The molecule has 0 spiro atoms. The highest BCUT2D eigenvalue weighted by atomic mass is 16.2. The molecule has 0 radical (unpaired) electrons. The third-order valence-electron chi connectivity index (χ3n) is 1.22. The molecule has 0 fully saturated rings. The fourth-order valence-electron chi connectivity index (χ4n) is 0.570. The molecule has 1 rings (SSSR count). The van der Waals surface area contributed by atoms with E-state index in [2.05, 4.69) is 5.10 Å². The van der Waals surface area contributed by atoms with Crippen molar-refractivity contribution in [3.8, 4) is 0 Å². The lowest BCUT2D eigenvalue weighted by molar-refractivity contribution is -0.817. The fraction of sp³-hybridized carbons (Fsp3) is 0.333. The van der Waals surface area contributed by atoms with Crippen LogP contribution >= 0.6 is 0 Å². The molecule has 1 heterocycles. The number of carbonyl (C=O) groups is 1. The average molecular weight is 125 g/mol. The zero-order valence-corrected chi connectivity index (χ0v) is 5.53. The monoisotopic (exact) mass is 125 g/mol. The van der Waals surface area contributed by atoms with E-state index in [4.69, 9.17) is 0 Å². The SMILES string of the molecule is C[N+]1(C)N=CC=CC1=O. The summed E-state index contributed by atoms with van der Waals surface area (Å²) in [5, 5.41) is 3.92. The van der Waals surface area contributed by atoms with Crippen molar-refractivity contribution < 1.29 is 9.39 Å². The summed E-state index contributed by atoms with van der Waals surface area (Å²) in [5.74, 6) is 0.0116. The van der Waals surface area contributed by atoms with Gasteiger partial charge in [0.1, 0.15) is 14.1 Å². The van der Waals surface area contributed by atoms with Crippen molar-refractivity contribution in [3.05, 3.63) is 12.2 Å². The van der Waals surface area contributed by atoms with Gasteiger partial charge in [0.2, 0.25) is 0 Å². The molecule has 9 heavy (non-hydrogen) atoms. The number of hydrogen-bond donors (Lipinski definition) is 0. The van der Waals surface area contributed by atoms with Gasteiger partial charge in [-0.25, -0.2) is 4.79 Å². The van der Waals surface area contributed by atoms with Crippen molar-refractivity contribution in [1.29, 1.82) is 0 Å². The predicted molar refractivity (Wildman–Crippen MR) is 34.7 cm³/mol. The van der Waals surface area contributed by atoms with Gasteiger partial charge in [0.25, 0.3) is 0 Å². The topological polar surface area (TPSA) is 29.4 Å². The Morgan fingerprint density at radius 1 is 1.56 bits per heavy atom. The first-order valence-electron chi connectivity index (χ1n) is 2.74. The van der Waals surface area contributed by atoms with Crippen LogP contribution in [0.3, 0.4) is 0 Å². The van der Waals surface area contributed by atoms with E-state index in [1.807, 2.05) is 0 Å². The second-order valence-electron chi connectivity index (χ2n) is 2.36. The van der Waals surface area contributed by atoms with Gasteiger partial charge in [-0.05, 0) is 6.08 Å². The minimum Gasteiger partial charge on any atom is -0.224 e. The Kier molecular flexibility index (Phi) is 1.21. The van der Waals surface area contributed by atoms with Gasteiger partial charge < -0.3 is 0 Å². The van der Waals surface area contributed by atoms with E-state index in [1.165, 1.54) is 6.08 Å². The van der Waals surface area contributed by atoms with Gasteiger partial charge in [0.05, 0.1) is 6.21 Å². The van der Waals surface area contributed by atoms with Crippen LogP contribution in [0.15, 0.2) is 17.3 Å². The maximum Gasteiger partial charge on any atom is 0.364 e. The van der Waals surface area contributed by atoms with E-state index in [1.54, 1.807) is 26.4 Å². The molecular formula is C6H9N2O+. The molecule has 3 nitrogen and oxygen atoms in total. The summed E-state index contributed by atoms with van der Waals surface area (Å²) in [7, 11) is 3.48. The lowest BCUT2D eigenvalue weighted by Crippen LogP contribution is -2.40. The molecule has 0 aliphatic carbocycles. The molecule has 0 aromatic heterocycles. The zero-order chi connectivity index (χ0) is 6.91. The Morgan fingerprint density at radius 3 is 2.56 bits per heavy atom. The van der Waals surface area contributed by atoms with Gasteiger partial charge in [-0.3, -0.25) is 0 Å². The summed E-state index contributed by atoms with van der Waals surface area (Å²) in [6.45, 7) is 0. The largest absolute Gasteiger partial charge is 0.364 e. The second kappa shape index (κ2) is 1.77. The van der Waals surface area contributed by atoms with E-state index in [9.17, 15) is 4.79 Å². The maximum absolute atomic E-state index is 10.9. The fourth-order valence-corrected chi connectivity index (χ4v) is 0.570. The molecular weight excluding hydrogens is 116 g/mol. The van der Waals surface area contributed by atoms with Crippen LogP contribution in [-0.4, -0.2) is 30.8 Å². The lowest BCUT2D eigenvalue weighted by Gasteiger charge is -2.18. The van der Waals surface area contributed by atoms with Gasteiger partial charge >= 0.3 is 5.91 Å².